The van der Waals surface area contributed by atoms with Gasteiger partial charge >= 0.3 is 5.97 Å². The fraction of sp³-hybridized carbons (Fsp3) is 0.429. The van der Waals surface area contributed by atoms with Gasteiger partial charge in [-0.3, -0.25) is 4.79 Å². The van der Waals surface area contributed by atoms with E-state index in [-0.39, 0.29) is 5.56 Å². The van der Waals surface area contributed by atoms with Crippen LogP contribution >= 0.6 is 0 Å². The van der Waals surface area contributed by atoms with E-state index in [4.69, 9.17) is 5.11 Å². The molecule has 0 aromatic carbocycles. The molecule has 0 aliphatic carbocycles. The lowest BCUT2D eigenvalue weighted by molar-refractivity contribution is 0.0694. The second-order valence-corrected chi connectivity index (χ2v) is 4.25. The van der Waals surface area contributed by atoms with Gasteiger partial charge in [-0.2, -0.15) is 0 Å². The first-order chi connectivity index (χ1) is 8.60. The molecule has 1 aromatic rings. The predicted octanol–water partition coefficient (Wildman–Crippen LogP) is 2.47. The molecule has 0 fully saturated rings. The second kappa shape index (κ2) is 6.79. The lowest BCUT2D eigenvalue weighted by Gasteiger charge is -2.12. The molecule has 1 N–H and O–H groups in total. The lowest BCUT2D eigenvalue weighted by atomic mass is 10.1. The van der Waals surface area contributed by atoms with E-state index < -0.39 is 11.4 Å². The molecule has 0 saturated carbocycles. The van der Waals surface area contributed by atoms with Crippen LogP contribution in [0.15, 0.2) is 29.7 Å². The first-order valence-electron chi connectivity index (χ1n) is 6.17. The van der Waals surface area contributed by atoms with Crippen LogP contribution in [-0.2, 0) is 13.0 Å². The Hall–Kier alpha value is -1.84. The van der Waals surface area contributed by atoms with Gasteiger partial charge in [0.05, 0.1) is 0 Å². The van der Waals surface area contributed by atoms with Gasteiger partial charge in [0.1, 0.15) is 5.56 Å². The van der Waals surface area contributed by atoms with Gasteiger partial charge in [0.15, 0.2) is 5.43 Å². The fourth-order valence-corrected chi connectivity index (χ4v) is 1.86. The highest BCUT2D eigenvalue weighted by atomic mass is 16.4. The number of pyridine rings is 1. The highest BCUT2D eigenvalue weighted by Gasteiger charge is 2.11. The molecule has 18 heavy (non-hydrogen) atoms. The summed E-state index contributed by atoms with van der Waals surface area (Å²) in [5.74, 6) is -1.18. The standard InChI is InChI=1S/C14H19NO3/c1-3-5-6-7-11-9-13(16)12(14(17)18)10-15(11)8-4-2/h4,9-10H,2-3,5-8H2,1H3,(H,17,18). The van der Waals surface area contributed by atoms with Crippen molar-refractivity contribution >= 4 is 5.97 Å². The van der Waals surface area contributed by atoms with E-state index >= 15 is 0 Å². The van der Waals surface area contributed by atoms with E-state index in [1.165, 1.54) is 12.3 Å². The van der Waals surface area contributed by atoms with Crippen LogP contribution in [0.1, 0.15) is 42.2 Å². The number of hydrogen-bond acceptors (Lipinski definition) is 2. The third kappa shape index (κ3) is 3.58. The molecular formula is C14H19NO3. The summed E-state index contributed by atoms with van der Waals surface area (Å²) in [6, 6.07) is 1.43. The van der Waals surface area contributed by atoms with Gasteiger partial charge in [0.25, 0.3) is 0 Å². The second-order valence-electron chi connectivity index (χ2n) is 4.25. The van der Waals surface area contributed by atoms with Crippen molar-refractivity contribution in [1.82, 2.24) is 4.57 Å². The molecule has 0 aliphatic rings. The number of allylic oxidation sites excluding steroid dienone is 1. The zero-order chi connectivity index (χ0) is 13.5. The zero-order valence-corrected chi connectivity index (χ0v) is 10.7. The van der Waals surface area contributed by atoms with Gasteiger partial charge in [-0.1, -0.05) is 25.8 Å². The van der Waals surface area contributed by atoms with Crippen molar-refractivity contribution in [3.63, 3.8) is 0 Å². The molecule has 4 nitrogen and oxygen atoms in total. The van der Waals surface area contributed by atoms with E-state index in [0.717, 1.165) is 31.4 Å². The summed E-state index contributed by atoms with van der Waals surface area (Å²) in [5.41, 5.74) is 0.267. The average Bonchev–Trinajstić information content (AvgIpc) is 2.32. The number of aryl methyl sites for hydroxylation is 1. The normalized spacial score (nSPS) is 10.3. The molecule has 0 amide bonds. The van der Waals surface area contributed by atoms with Crippen LogP contribution in [0.2, 0.25) is 0 Å². The number of aromatic nitrogens is 1. The van der Waals surface area contributed by atoms with Gasteiger partial charge in [-0.05, 0) is 12.8 Å². The fourth-order valence-electron chi connectivity index (χ4n) is 1.86. The molecule has 0 unspecified atom stereocenters. The summed E-state index contributed by atoms with van der Waals surface area (Å²) in [6.07, 6.45) is 7.10. The van der Waals surface area contributed by atoms with Gasteiger partial charge in [0, 0.05) is 24.5 Å². The van der Waals surface area contributed by atoms with Gasteiger partial charge in [-0.15, -0.1) is 6.58 Å². The number of carboxylic acids is 1. The molecule has 1 rings (SSSR count). The van der Waals surface area contributed by atoms with Crippen molar-refractivity contribution in [2.45, 2.75) is 39.2 Å². The van der Waals surface area contributed by atoms with E-state index in [9.17, 15) is 9.59 Å². The van der Waals surface area contributed by atoms with Crippen molar-refractivity contribution in [2.24, 2.45) is 0 Å². The minimum atomic E-state index is -1.18. The number of carboxylic acid groups (broad SMARTS) is 1. The smallest absolute Gasteiger partial charge is 0.341 e. The van der Waals surface area contributed by atoms with Crippen molar-refractivity contribution in [3.05, 3.63) is 46.4 Å². The number of unbranched alkanes of at least 4 members (excludes halogenated alkanes) is 2. The Bertz CT molecular complexity index is 488. The summed E-state index contributed by atoms with van der Waals surface area (Å²) in [7, 11) is 0. The van der Waals surface area contributed by atoms with E-state index in [0.29, 0.717) is 6.54 Å². The SMILES string of the molecule is C=CCn1cc(C(=O)O)c(=O)cc1CCCCC. The number of aromatic carboxylic acids is 1. The third-order valence-corrected chi connectivity index (χ3v) is 2.81. The minimum Gasteiger partial charge on any atom is -0.477 e. The molecule has 0 spiro atoms. The number of hydrogen-bond donors (Lipinski definition) is 1. The maximum Gasteiger partial charge on any atom is 0.341 e. The monoisotopic (exact) mass is 249 g/mol. The van der Waals surface area contributed by atoms with Crippen molar-refractivity contribution in [1.29, 1.82) is 0 Å². The summed E-state index contributed by atoms with van der Waals surface area (Å²) >= 11 is 0. The molecule has 1 aromatic heterocycles. The highest BCUT2D eigenvalue weighted by molar-refractivity contribution is 5.87. The zero-order valence-electron chi connectivity index (χ0n) is 10.7. The predicted molar refractivity (Wildman–Crippen MR) is 71.1 cm³/mol. The summed E-state index contributed by atoms with van der Waals surface area (Å²) in [5, 5.41) is 8.92. The highest BCUT2D eigenvalue weighted by Crippen LogP contribution is 2.07. The summed E-state index contributed by atoms with van der Waals surface area (Å²) in [6.45, 7) is 6.28. The van der Waals surface area contributed by atoms with Crippen LogP contribution in [0.25, 0.3) is 0 Å². The lowest BCUT2D eigenvalue weighted by Crippen LogP contribution is -2.20. The average molecular weight is 249 g/mol. The molecule has 1 heterocycles. The van der Waals surface area contributed by atoms with Crippen LogP contribution in [0.5, 0.6) is 0 Å². The van der Waals surface area contributed by atoms with Gasteiger partial charge in [0.2, 0.25) is 0 Å². The molecule has 0 atom stereocenters. The maximum atomic E-state index is 11.7. The number of rotatable bonds is 7. The molecule has 0 aliphatic heterocycles. The molecular weight excluding hydrogens is 230 g/mol. The topological polar surface area (TPSA) is 59.3 Å². The van der Waals surface area contributed by atoms with E-state index in [1.807, 2.05) is 0 Å². The molecule has 0 radical (unpaired) electrons. The van der Waals surface area contributed by atoms with Crippen molar-refractivity contribution in [3.8, 4) is 0 Å². The maximum absolute atomic E-state index is 11.7. The van der Waals surface area contributed by atoms with Crippen LogP contribution in [0, 0.1) is 0 Å². The van der Waals surface area contributed by atoms with Crippen molar-refractivity contribution < 1.29 is 9.90 Å². The van der Waals surface area contributed by atoms with Crippen LogP contribution in [0.4, 0.5) is 0 Å². The Balaban J connectivity index is 3.07. The summed E-state index contributed by atoms with van der Waals surface area (Å²) in [4.78, 5) is 22.6. The van der Waals surface area contributed by atoms with Crippen LogP contribution < -0.4 is 5.43 Å². The minimum absolute atomic E-state index is 0.184. The Morgan fingerprint density at radius 2 is 2.22 bits per heavy atom. The Kier molecular flexibility index (Phi) is 5.36. The molecule has 0 saturated heterocycles. The van der Waals surface area contributed by atoms with Crippen LogP contribution in [0.3, 0.4) is 0 Å². The Labute approximate surface area is 107 Å². The number of nitrogens with zero attached hydrogens (tertiary/aromatic N) is 1. The van der Waals surface area contributed by atoms with Gasteiger partial charge in [-0.25, -0.2) is 4.79 Å². The quantitative estimate of drug-likeness (QED) is 0.596. The first kappa shape index (κ1) is 14.2. The third-order valence-electron chi connectivity index (χ3n) is 2.81. The largest absolute Gasteiger partial charge is 0.477 e. The van der Waals surface area contributed by atoms with Crippen molar-refractivity contribution in [2.75, 3.05) is 0 Å². The van der Waals surface area contributed by atoms with Crippen LogP contribution in [-0.4, -0.2) is 15.6 Å². The molecule has 0 bridgehead atoms. The molecule has 4 heteroatoms. The van der Waals surface area contributed by atoms with E-state index in [2.05, 4.69) is 13.5 Å². The first-order valence-corrected chi connectivity index (χ1v) is 6.17. The molecule has 98 valence electrons. The summed E-state index contributed by atoms with van der Waals surface area (Å²) < 4.78 is 1.79. The Morgan fingerprint density at radius 1 is 1.50 bits per heavy atom. The van der Waals surface area contributed by atoms with Gasteiger partial charge < -0.3 is 9.67 Å². The van der Waals surface area contributed by atoms with E-state index in [1.54, 1.807) is 10.6 Å². The number of carbonyl (C=O) groups is 1. The Morgan fingerprint density at radius 3 is 2.78 bits per heavy atom.